The molecule has 0 bridgehead atoms. The van der Waals surface area contributed by atoms with Crippen LogP contribution in [0.3, 0.4) is 0 Å². The third-order valence-corrected chi connectivity index (χ3v) is 3.15. The molecule has 13 heavy (non-hydrogen) atoms. The molecule has 1 saturated heterocycles. The van der Waals surface area contributed by atoms with Gasteiger partial charge in [0.25, 0.3) is 0 Å². The minimum Gasteiger partial charge on any atom is -0.480 e. The predicted molar refractivity (Wildman–Crippen MR) is 55.3 cm³/mol. The normalized spacial score (nSPS) is 25.2. The Morgan fingerprint density at radius 1 is 1.77 bits per heavy atom. The maximum atomic E-state index is 10.8. The van der Waals surface area contributed by atoms with Crippen molar-refractivity contribution < 1.29 is 9.90 Å². The quantitative estimate of drug-likeness (QED) is 0.779. The third kappa shape index (κ3) is 3.21. The molecule has 0 aliphatic carbocycles. The summed E-state index contributed by atoms with van der Waals surface area (Å²) < 4.78 is 0. The first-order valence-corrected chi connectivity index (χ1v) is 5.64. The lowest BCUT2D eigenvalue weighted by Crippen LogP contribution is -2.47. The van der Waals surface area contributed by atoms with Gasteiger partial charge in [-0.15, -0.1) is 0 Å². The van der Waals surface area contributed by atoms with Crippen LogP contribution in [0, 0.1) is 0 Å². The van der Waals surface area contributed by atoms with E-state index in [0.29, 0.717) is 12.3 Å². The number of hydrogen-bond donors (Lipinski definition) is 1. The highest BCUT2D eigenvalue weighted by Crippen LogP contribution is 2.16. The van der Waals surface area contributed by atoms with Crippen LogP contribution in [0.1, 0.15) is 0 Å². The third-order valence-electron chi connectivity index (χ3n) is 1.95. The Kier molecular flexibility index (Phi) is 4.62. The second kappa shape index (κ2) is 5.52. The van der Waals surface area contributed by atoms with E-state index >= 15 is 0 Å². The second-order valence-electron chi connectivity index (χ2n) is 2.79. The van der Waals surface area contributed by atoms with Crippen molar-refractivity contribution in [1.82, 2.24) is 4.90 Å². The highest BCUT2D eigenvalue weighted by atomic mass is 35.5. The van der Waals surface area contributed by atoms with E-state index in [1.165, 1.54) is 5.54 Å². The lowest BCUT2D eigenvalue weighted by Gasteiger charge is -2.31. The van der Waals surface area contributed by atoms with Crippen molar-refractivity contribution in [3.8, 4) is 0 Å². The molecule has 0 radical (unpaired) electrons. The van der Waals surface area contributed by atoms with Crippen molar-refractivity contribution in [2.75, 3.05) is 24.6 Å². The Morgan fingerprint density at radius 2 is 2.54 bits per heavy atom. The van der Waals surface area contributed by atoms with Crippen molar-refractivity contribution in [3.63, 3.8) is 0 Å². The molecule has 1 aliphatic heterocycles. The van der Waals surface area contributed by atoms with Gasteiger partial charge in [0.15, 0.2) is 0 Å². The predicted octanol–water partition coefficient (Wildman–Crippen LogP) is 1.24. The van der Waals surface area contributed by atoms with Crippen molar-refractivity contribution in [3.05, 3.63) is 11.6 Å². The molecule has 5 heteroatoms. The van der Waals surface area contributed by atoms with Gasteiger partial charge in [0.1, 0.15) is 6.04 Å². The number of halogens is 1. The zero-order valence-corrected chi connectivity index (χ0v) is 8.72. The minimum atomic E-state index is -0.741. The first kappa shape index (κ1) is 10.9. The van der Waals surface area contributed by atoms with Gasteiger partial charge in [-0.2, -0.15) is 11.8 Å². The molecule has 1 N–H and O–H groups in total. The molecule has 3 nitrogen and oxygen atoms in total. The standard InChI is InChI=1S/C8H12ClNO2S/c9-2-1-3-10-4-5-13-6-7(10)8(11)12/h1-2,7H,3-6H2,(H,11,12)/b2-1+. The topological polar surface area (TPSA) is 40.5 Å². The summed E-state index contributed by atoms with van der Waals surface area (Å²) in [5.41, 5.74) is 1.43. The van der Waals surface area contributed by atoms with Crippen LogP contribution in [-0.4, -0.2) is 46.6 Å². The number of aliphatic carboxylic acids is 1. The summed E-state index contributed by atoms with van der Waals surface area (Å²) in [4.78, 5) is 12.7. The molecule has 1 heterocycles. The van der Waals surface area contributed by atoms with E-state index in [1.807, 2.05) is 4.90 Å². The average Bonchev–Trinajstić information content (AvgIpc) is 2.15. The Bertz CT molecular complexity index is 210. The van der Waals surface area contributed by atoms with E-state index in [4.69, 9.17) is 16.7 Å². The lowest BCUT2D eigenvalue weighted by molar-refractivity contribution is -0.142. The van der Waals surface area contributed by atoms with Gasteiger partial charge in [0.05, 0.1) is 0 Å². The molecule has 0 aromatic heterocycles. The molecule has 0 amide bonds. The highest BCUT2D eigenvalue weighted by Gasteiger charge is 2.27. The minimum absolute atomic E-state index is 0.355. The fourth-order valence-electron chi connectivity index (χ4n) is 1.26. The Hall–Kier alpha value is -0.190. The summed E-state index contributed by atoms with van der Waals surface area (Å²) in [5, 5.41) is 8.90. The second-order valence-corrected chi connectivity index (χ2v) is 4.19. The monoisotopic (exact) mass is 221 g/mol. The van der Waals surface area contributed by atoms with Crippen LogP contribution in [-0.2, 0) is 4.79 Å². The van der Waals surface area contributed by atoms with Crippen molar-refractivity contribution in [2.24, 2.45) is 0 Å². The number of nitrogens with zero attached hydrogens (tertiary/aromatic N) is 1. The molecule has 0 saturated carbocycles. The molecule has 0 spiro atoms. The SMILES string of the molecule is O=C(O)C1CSCCN1C/C=C/Cl. The van der Waals surface area contributed by atoms with Crippen molar-refractivity contribution >= 4 is 29.3 Å². The summed E-state index contributed by atoms with van der Waals surface area (Å²) in [6, 6.07) is -0.355. The van der Waals surface area contributed by atoms with Gasteiger partial charge in [-0.05, 0) is 0 Å². The summed E-state index contributed by atoms with van der Waals surface area (Å²) in [7, 11) is 0. The molecule has 1 rings (SSSR count). The lowest BCUT2D eigenvalue weighted by atomic mass is 10.2. The summed E-state index contributed by atoms with van der Waals surface area (Å²) in [6.07, 6.45) is 1.77. The molecular formula is C8H12ClNO2S. The van der Waals surface area contributed by atoms with Crippen molar-refractivity contribution in [1.29, 1.82) is 0 Å². The molecule has 1 unspecified atom stereocenters. The van der Waals surface area contributed by atoms with E-state index in [9.17, 15) is 4.79 Å². The van der Waals surface area contributed by atoms with Gasteiger partial charge >= 0.3 is 5.97 Å². The number of carboxylic acids is 1. The van der Waals surface area contributed by atoms with E-state index in [2.05, 4.69) is 0 Å². The molecule has 0 aromatic carbocycles. The van der Waals surface area contributed by atoms with Crippen LogP contribution in [0.5, 0.6) is 0 Å². The smallest absolute Gasteiger partial charge is 0.321 e. The van der Waals surface area contributed by atoms with Crippen LogP contribution in [0.25, 0.3) is 0 Å². The average molecular weight is 222 g/mol. The van der Waals surface area contributed by atoms with E-state index in [0.717, 1.165) is 12.3 Å². The number of thioether (sulfide) groups is 1. The number of carbonyl (C=O) groups is 1. The number of rotatable bonds is 3. The first-order chi connectivity index (χ1) is 6.25. The highest BCUT2D eigenvalue weighted by molar-refractivity contribution is 7.99. The molecule has 1 atom stereocenters. The van der Waals surface area contributed by atoms with Crippen molar-refractivity contribution in [2.45, 2.75) is 6.04 Å². The van der Waals surface area contributed by atoms with Crippen LogP contribution in [0.4, 0.5) is 0 Å². The fraction of sp³-hybridized carbons (Fsp3) is 0.625. The zero-order chi connectivity index (χ0) is 9.68. The molecule has 74 valence electrons. The van der Waals surface area contributed by atoms with Gasteiger partial charge in [0, 0.05) is 30.1 Å². The fourth-order valence-corrected chi connectivity index (χ4v) is 2.45. The maximum absolute atomic E-state index is 10.8. The Balaban J connectivity index is 2.51. The zero-order valence-electron chi connectivity index (χ0n) is 7.15. The molecule has 1 aliphatic rings. The summed E-state index contributed by atoms with van der Waals surface area (Å²) in [6.45, 7) is 1.45. The summed E-state index contributed by atoms with van der Waals surface area (Å²) in [5.74, 6) is 0.931. The van der Waals surface area contributed by atoms with Gasteiger partial charge in [-0.1, -0.05) is 17.7 Å². The molecular weight excluding hydrogens is 210 g/mol. The van der Waals surface area contributed by atoms with Gasteiger partial charge in [-0.3, -0.25) is 9.69 Å². The Morgan fingerprint density at radius 3 is 3.15 bits per heavy atom. The van der Waals surface area contributed by atoms with Crippen LogP contribution in [0.2, 0.25) is 0 Å². The van der Waals surface area contributed by atoms with Gasteiger partial charge in [0.2, 0.25) is 0 Å². The van der Waals surface area contributed by atoms with E-state index in [1.54, 1.807) is 17.8 Å². The van der Waals surface area contributed by atoms with Crippen LogP contribution in [0.15, 0.2) is 11.6 Å². The molecule has 0 aromatic rings. The Labute approximate surface area is 86.7 Å². The van der Waals surface area contributed by atoms with E-state index < -0.39 is 5.97 Å². The maximum Gasteiger partial charge on any atom is 0.321 e. The summed E-state index contributed by atoms with van der Waals surface area (Å²) >= 11 is 7.08. The van der Waals surface area contributed by atoms with Crippen LogP contribution >= 0.6 is 23.4 Å². The largest absolute Gasteiger partial charge is 0.480 e. The van der Waals surface area contributed by atoms with Gasteiger partial charge in [-0.25, -0.2) is 0 Å². The number of hydrogen-bond acceptors (Lipinski definition) is 3. The van der Waals surface area contributed by atoms with E-state index in [-0.39, 0.29) is 6.04 Å². The van der Waals surface area contributed by atoms with Crippen LogP contribution < -0.4 is 0 Å². The molecule has 1 fully saturated rings. The first-order valence-electron chi connectivity index (χ1n) is 4.05. The van der Waals surface area contributed by atoms with Gasteiger partial charge < -0.3 is 5.11 Å². The number of carboxylic acid groups (broad SMARTS) is 1.